The fourth-order valence-electron chi connectivity index (χ4n) is 10.9. The van der Waals surface area contributed by atoms with Gasteiger partial charge < -0.3 is 4.57 Å². The van der Waals surface area contributed by atoms with Crippen LogP contribution in [0.15, 0.2) is 218 Å². The highest BCUT2D eigenvalue weighted by molar-refractivity contribution is 7.26. The lowest BCUT2D eigenvalue weighted by molar-refractivity contribution is 1.08. The van der Waals surface area contributed by atoms with Gasteiger partial charge in [0, 0.05) is 78.6 Å². The fraction of sp³-hybridized carbons (Fsp3) is 0. The Balaban J connectivity index is 0.995. The summed E-state index contributed by atoms with van der Waals surface area (Å²) in [5.41, 5.74) is 8.68. The van der Waals surface area contributed by atoms with E-state index < -0.39 is 0 Å². The van der Waals surface area contributed by atoms with E-state index in [1.165, 1.54) is 78.4 Å². The molecule has 6 heteroatoms. The maximum absolute atomic E-state index is 5.44. The molecule has 0 radical (unpaired) electrons. The van der Waals surface area contributed by atoms with Gasteiger partial charge in [0.15, 0.2) is 17.5 Å². The maximum Gasteiger partial charge on any atom is 0.164 e. The highest BCUT2D eigenvalue weighted by Crippen LogP contribution is 2.46. The summed E-state index contributed by atoms with van der Waals surface area (Å²) in [6.45, 7) is 0. The van der Waals surface area contributed by atoms with Crippen molar-refractivity contribution < 1.29 is 0 Å². The van der Waals surface area contributed by atoms with Crippen LogP contribution in [-0.4, -0.2) is 19.5 Å². The van der Waals surface area contributed by atoms with Gasteiger partial charge in [-0.3, -0.25) is 0 Å². The minimum Gasteiger partial charge on any atom is -0.309 e. The second kappa shape index (κ2) is 15.0. The zero-order valence-corrected chi connectivity index (χ0v) is 38.5. The lowest BCUT2D eigenvalue weighted by atomic mass is 9.90. The normalized spacial score (nSPS) is 12.1. The average Bonchev–Trinajstić information content (AvgIpc) is 4.09. The van der Waals surface area contributed by atoms with E-state index in [9.17, 15) is 0 Å². The molecule has 0 unspecified atom stereocenters. The van der Waals surface area contributed by atoms with E-state index in [0.717, 1.165) is 49.6 Å². The van der Waals surface area contributed by atoms with Gasteiger partial charge in [0.05, 0.1) is 16.7 Å². The zero-order valence-electron chi connectivity index (χ0n) is 36.9. The van der Waals surface area contributed by atoms with Gasteiger partial charge in [0.1, 0.15) is 0 Å². The van der Waals surface area contributed by atoms with Crippen LogP contribution in [0.25, 0.3) is 145 Å². The second-order valence-corrected chi connectivity index (χ2v) is 20.0. The molecule has 0 N–H and O–H groups in total. The van der Waals surface area contributed by atoms with Crippen LogP contribution in [0.5, 0.6) is 0 Å². The first-order valence-electron chi connectivity index (χ1n) is 23.3. The van der Waals surface area contributed by atoms with Gasteiger partial charge in [-0.25, -0.2) is 15.0 Å². The van der Waals surface area contributed by atoms with Crippen molar-refractivity contribution in [3.8, 4) is 51.0 Å². The largest absolute Gasteiger partial charge is 0.309 e. The monoisotopic (exact) mass is 912 g/mol. The Morgan fingerprint density at radius 2 is 0.797 bits per heavy atom. The molecule has 4 nitrogen and oxygen atoms in total. The van der Waals surface area contributed by atoms with Crippen LogP contribution in [0.4, 0.5) is 0 Å². The van der Waals surface area contributed by atoms with Crippen molar-refractivity contribution in [3.05, 3.63) is 218 Å². The lowest BCUT2D eigenvalue weighted by Crippen LogP contribution is -2.01. The van der Waals surface area contributed by atoms with E-state index in [2.05, 4.69) is 205 Å². The van der Waals surface area contributed by atoms with Gasteiger partial charge in [0.25, 0.3) is 0 Å². The molecule has 0 bridgehead atoms. The molecule has 0 amide bonds. The van der Waals surface area contributed by atoms with Crippen LogP contribution in [-0.2, 0) is 0 Å². The zero-order chi connectivity index (χ0) is 45.2. The molecule has 4 aromatic heterocycles. The number of benzene rings is 11. The molecular weight excluding hydrogens is 877 g/mol. The van der Waals surface area contributed by atoms with Crippen LogP contribution in [0.2, 0.25) is 0 Å². The molecule has 15 rings (SSSR count). The molecule has 0 saturated carbocycles. The van der Waals surface area contributed by atoms with E-state index in [1.807, 2.05) is 29.5 Å². The Hall–Kier alpha value is -8.55. The quantitative estimate of drug-likeness (QED) is 0.162. The third-order valence-corrected chi connectivity index (χ3v) is 16.3. The summed E-state index contributed by atoms with van der Waals surface area (Å²) in [7, 11) is 0. The maximum atomic E-state index is 5.44. The van der Waals surface area contributed by atoms with Crippen molar-refractivity contribution >= 4 is 117 Å². The molecule has 320 valence electrons. The molecule has 0 saturated heterocycles. The van der Waals surface area contributed by atoms with Crippen LogP contribution < -0.4 is 0 Å². The number of rotatable bonds is 5. The van der Waals surface area contributed by atoms with E-state index >= 15 is 0 Å². The molecule has 15 aromatic rings. The summed E-state index contributed by atoms with van der Waals surface area (Å²) >= 11 is 3.66. The molecule has 0 aliphatic rings. The van der Waals surface area contributed by atoms with Gasteiger partial charge in [-0.05, 0) is 87.3 Å². The highest BCUT2D eigenvalue weighted by Gasteiger charge is 2.22. The van der Waals surface area contributed by atoms with Crippen molar-refractivity contribution in [2.24, 2.45) is 0 Å². The van der Waals surface area contributed by atoms with Crippen molar-refractivity contribution in [1.29, 1.82) is 0 Å². The second-order valence-electron chi connectivity index (χ2n) is 17.8. The summed E-state index contributed by atoms with van der Waals surface area (Å²) < 4.78 is 7.58. The Bertz CT molecular complexity index is 4620. The smallest absolute Gasteiger partial charge is 0.164 e. The molecular formula is C63H36N4S2. The Morgan fingerprint density at radius 3 is 1.58 bits per heavy atom. The average molecular weight is 913 g/mol. The summed E-state index contributed by atoms with van der Waals surface area (Å²) in [4.78, 5) is 16.0. The van der Waals surface area contributed by atoms with Gasteiger partial charge >= 0.3 is 0 Å². The summed E-state index contributed by atoms with van der Waals surface area (Å²) in [5, 5.41) is 14.5. The molecule has 0 spiro atoms. The molecule has 0 aliphatic heterocycles. The van der Waals surface area contributed by atoms with Gasteiger partial charge in [-0.15, -0.1) is 22.7 Å². The number of hydrogen-bond acceptors (Lipinski definition) is 5. The molecule has 0 fully saturated rings. The molecule has 4 heterocycles. The first-order valence-corrected chi connectivity index (χ1v) is 24.9. The Morgan fingerprint density at radius 1 is 0.275 bits per heavy atom. The van der Waals surface area contributed by atoms with E-state index in [0.29, 0.717) is 17.5 Å². The van der Waals surface area contributed by atoms with Crippen molar-refractivity contribution in [1.82, 2.24) is 19.5 Å². The number of hydrogen-bond donors (Lipinski definition) is 0. The minimum absolute atomic E-state index is 0.634. The molecule has 69 heavy (non-hydrogen) atoms. The summed E-state index contributed by atoms with van der Waals surface area (Å²) in [5.74, 6) is 1.92. The van der Waals surface area contributed by atoms with Gasteiger partial charge in [-0.1, -0.05) is 164 Å². The highest BCUT2D eigenvalue weighted by atomic mass is 32.1. The van der Waals surface area contributed by atoms with Crippen LogP contribution in [0, 0.1) is 0 Å². The summed E-state index contributed by atoms with van der Waals surface area (Å²) in [6.07, 6.45) is 0. The minimum atomic E-state index is 0.634. The Kier molecular flexibility index (Phi) is 8.37. The standard InChI is InChI=1S/C63H36N4S2/c1-2-14-37(15-3-1)61-64-62(40-28-31-46-44-19-7-10-26-55(44)69-58(46)36-40)66-63(65-61)49-23-12-21-47-41-16-4-5-17-42(41)48-22-13-25-54(60(48)59(47)49)67-52-24-9-6-18-43(52)50-34-38(29-32-53(50)67)39-30-33-57-51(35-39)45-20-8-11-27-56(45)68-57/h1-36H. The van der Waals surface area contributed by atoms with E-state index in [1.54, 1.807) is 11.3 Å². The first kappa shape index (κ1) is 38.5. The number of thiophene rings is 2. The molecule has 0 aliphatic carbocycles. The van der Waals surface area contributed by atoms with Gasteiger partial charge in [-0.2, -0.15) is 0 Å². The number of fused-ring (bicyclic) bond motifs is 15. The topological polar surface area (TPSA) is 43.6 Å². The number of aromatic nitrogens is 4. The SMILES string of the molecule is c1ccc(-c2nc(-c3ccc4c(c3)sc3ccccc34)nc(-c3cccc4c5ccccc5c5cccc(-n6c7ccccc7c7cc(-c8ccc9sc%10ccccc%10c9c8)ccc76)c5c34)n2)cc1. The van der Waals surface area contributed by atoms with E-state index in [-0.39, 0.29) is 0 Å². The summed E-state index contributed by atoms with van der Waals surface area (Å²) in [6, 6.07) is 79.3. The first-order chi connectivity index (χ1) is 34.2. The predicted octanol–water partition coefficient (Wildman–Crippen LogP) is 17.8. The van der Waals surface area contributed by atoms with Crippen molar-refractivity contribution in [2.45, 2.75) is 0 Å². The van der Waals surface area contributed by atoms with Crippen LogP contribution in [0.3, 0.4) is 0 Å². The van der Waals surface area contributed by atoms with Crippen molar-refractivity contribution in [2.75, 3.05) is 0 Å². The third kappa shape index (κ3) is 5.89. The number of nitrogens with zero attached hydrogens (tertiary/aromatic N) is 4. The molecule has 0 atom stereocenters. The predicted molar refractivity (Wildman–Crippen MR) is 294 cm³/mol. The van der Waals surface area contributed by atoms with Crippen LogP contribution >= 0.6 is 22.7 Å². The van der Waals surface area contributed by atoms with Crippen LogP contribution in [0.1, 0.15) is 0 Å². The van der Waals surface area contributed by atoms with E-state index in [4.69, 9.17) is 15.0 Å². The number of para-hydroxylation sites is 1. The third-order valence-electron chi connectivity index (χ3n) is 14.0. The Labute approximate surface area is 403 Å². The lowest BCUT2D eigenvalue weighted by Gasteiger charge is -2.18. The van der Waals surface area contributed by atoms with Crippen molar-refractivity contribution in [3.63, 3.8) is 0 Å². The molecule has 11 aromatic carbocycles. The van der Waals surface area contributed by atoms with Gasteiger partial charge in [0.2, 0.25) is 0 Å². The fourth-order valence-corrected chi connectivity index (χ4v) is 13.2.